The monoisotopic (exact) mass is 243 g/mol. The van der Waals surface area contributed by atoms with Gasteiger partial charge < -0.3 is 5.11 Å². The molecule has 1 rings (SSSR count). The lowest BCUT2D eigenvalue weighted by Gasteiger charge is -2.06. The highest BCUT2D eigenvalue weighted by Crippen LogP contribution is 2.21. The number of nitriles is 1. The summed E-state index contributed by atoms with van der Waals surface area (Å²) in [6.07, 6.45) is -0.951. The molecule has 0 radical (unpaired) electrons. The molecule has 0 aliphatic carbocycles. The van der Waals surface area contributed by atoms with Crippen LogP contribution in [0.3, 0.4) is 0 Å². The molecule has 0 aliphatic rings. The van der Waals surface area contributed by atoms with E-state index in [-0.39, 0.29) is 6.42 Å². The number of aliphatic hydroxyl groups excluding tert-OH is 1. The van der Waals surface area contributed by atoms with Crippen LogP contribution in [0.25, 0.3) is 0 Å². The van der Waals surface area contributed by atoms with Crippen LogP contribution in [0, 0.1) is 17.1 Å². The van der Waals surface area contributed by atoms with Gasteiger partial charge in [0.15, 0.2) is 0 Å². The standard InChI is InChI=1S/C9H7BrFNO/c10-7-3-6(4-8(11)5-7)9(13)1-2-12/h3-5,9,13H,1H2. The van der Waals surface area contributed by atoms with Crippen molar-refractivity contribution >= 4 is 15.9 Å². The lowest BCUT2D eigenvalue weighted by atomic mass is 10.1. The van der Waals surface area contributed by atoms with Crippen molar-refractivity contribution in [2.45, 2.75) is 12.5 Å². The van der Waals surface area contributed by atoms with Gasteiger partial charge in [0.25, 0.3) is 0 Å². The molecule has 0 heterocycles. The minimum atomic E-state index is -0.919. The predicted octanol–water partition coefficient (Wildman–Crippen LogP) is 2.54. The maximum absolute atomic E-state index is 12.8. The molecule has 0 amide bonds. The Morgan fingerprint density at radius 2 is 2.23 bits per heavy atom. The molecule has 0 fully saturated rings. The number of hydrogen-bond donors (Lipinski definition) is 1. The maximum Gasteiger partial charge on any atom is 0.124 e. The Labute approximate surface area is 83.7 Å². The smallest absolute Gasteiger partial charge is 0.124 e. The minimum absolute atomic E-state index is 0.0319. The summed E-state index contributed by atoms with van der Waals surface area (Å²) < 4.78 is 13.4. The van der Waals surface area contributed by atoms with Crippen LogP contribution in [0.2, 0.25) is 0 Å². The number of hydrogen-bond acceptors (Lipinski definition) is 2. The summed E-state index contributed by atoms with van der Waals surface area (Å²) in [5.74, 6) is -0.429. The number of rotatable bonds is 2. The average Bonchev–Trinajstić information content (AvgIpc) is 2.03. The first-order chi connectivity index (χ1) is 6.13. The van der Waals surface area contributed by atoms with Gasteiger partial charge >= 0.3 is 0 Å². The summed E-state index contributed by atoms with van der Waals surface area (Å²) in [4.78, 5) is 0. The van der Waals surface area contributed by atoms with Crippen LogP contribution in [-0.4, -0.2) is 5.11 Å². The average molecular weight is 244 g/mol. The molecule has 0 aliphatic heterocycles. The molecule has 1 aromatic carbocycles. The van der Waals surface area contributed by atoms with Crippen LogP contribution in [-0.2, 0) is 0 Å². The van der Waals surface area contributed by atoms with E-state index in [1.165, 1.54) is 12.1 Å². The van der Waals surface area contributed by atoms with Crippen LogP contribution in [0.4, 0.5) is 4.39 Å². The summed E-state index contributed by atoms with van der Waals surface area (Å²) in [6.45, 7) is 0. The Bertz CT molecular complexity index is 328. The van der Waals surface area contributed by atoms with E-state index in [0.717, 1.165) is 0 Å². The third-order valence-electron chi connectivity index (χ3n) is 1.55. The molecule has 1 atom stereocenters. The van der Waals surface area contributed by atoms with Crippen LogP contribution in [0.5, 0.6) is 0 Å². The van der Waals surface area contributed by atoms with Crippen molar-refractivity contribution in [1.29, 1.82) is 5.26 Å². The fourth-order valence-electron chi connectivity index (χ4n) is 0.972. The van der Waals surface area contributed by atoms with Crippen LogP contribution < -0.4 is 0 Å². The zero-order chi connectivity index (χ0) is 9.84. The second-order valence-corrected chi connectivity index (χ2v) is 3.50. The molecule has 4 heteroatoms. The summed E-state index contributed by atoms with van der Waals surface area (Å²) >= 11 is 3.10. The molecular weight excluding hydrogens is 237 g/mol. The van der Waals surface area contributed by atoms with Gasteiger partial charge in [-0.15, -0.1) is 0 Å². The number of benzene rings is 1. The quantitative estimate of drug-likeness (QED) is 0.868. The highest BCUT2D eigenvalue weighted by molar-refractivity contribution is 9.10. The fraction of sp³-hybridized carbons (Fsp3) is 0.222. The molecule has 0 saturated carbocycles. The first kappa shape index (κ1) is 10.2. The summed E-state index contributed by atoms with van der Waals surface area (Å²) in [7, 11) is 0. The van der Waals surface area contributed by atoms with Gasteiger partial charge in [0.05, 0.1) is 18.6 Å². The van der Waals surface area contributed by atoms with Crippen molar-refractivity contribution in [2.24, 2.45) is 0 Å². The maximum atomic E-state index is 12.8. The number of halogens is 2. The molecule has 1 unspecified atom stereocenters. The SMILES string of the molecule is N#CCC(O)c1cc(F)cc(Br)c1. The molecule has 0 bridgehead atoms. The zero-order valence-electron chi connectivity index (χ0n) is 6.67. The first-order valence-electron chi connectivity index (χ1n) is 3.64. The topological polar surface area (TPSA) is 44.0 Å². The van der Waals surface area contributed by atoms with Crippen LogP contribution in [0.1, 0.15) is 18.1 Å². The van der Waals surface area contributed by atoms with Crippen molar-refractivity contribution in [1.82, 2.24) is 0 Å². The van der Waals surface area contributed by atoms with Gasteiger partial charge in [-0.05, 0) is 23.8 Å². The molecule has 0 saturated heterocycles. The molecule has 1 aromatic rings. The van der Waals surface area contributed by atoms with E-state index < -0.39 is 11.9 Å². The lowest BCUT2D eigenvalue weighted by molar-refractivity contribution is 0.183. The zero-order valence-corrected chi connectivity index (χ0v) is 8.25. The Kier molecular flexibility index (Phi) is 3.40. The van der Waals surface area contributed by atoms with Crippen LogP contribution >= 0.6 is 15.9 Å². The normalized spacial score (nSPS) is 12.2. The van der Waals surface area contributed by atoms with Gasteiger partial charge in [0.1, 0.15) is 5.82 Å². The van der Waals surface area contributed by atoms with Gasteiger partial charge in [-0.2, -0.15) is 5.26 Å². The van der Waals surface area contributed by atoms with E-state index in [0.29, 0.717) is 10.0 Å². The largest absolute Gasteiger partial charge is 0.387 e. The van der Waals surface area contributed by atoms with Crippen molar-refractivity contribution in [3.63, 3.8) is 0 Å². The summed E-state index contributed by atoms with van der Waals surface area (Å²) in [5.41, 5.74) is 0.411. The van der Waals surface area contributed by atoms with Crippen molar-refractivity contribution < 1.29 is 9.50 Å². The predicted molar refractivity (Wildman–Crippen MR) is 49.3 cm³/mol. The molecule has 0 spiro atoms. The van der Waals surface area contributed by atoms with E-state index in [9.17, 15) is 9.50 Å². The Balaban J connectivity index is 2.95. The molecular formula is C9H7BrFNO. The highest BCUT2D eigenvalue weighted by atomic mass is 79.9. The third kappa shape index (κ3) is 2.79. The molecule has 13 heavy (non-hydrogen) atoms. The lowest BCUT2D eigenvalue weighted by Crippen LogP contribution is -1.96. The van der Waals surface area contributed by atoms with Crippen LogP contribution in [0.15, 0.2) is 22.7 Å². The highest BCUT2D eigenvalue weighted by Gasteiger charge is 2.08. The molecule has 68 valence electrons. The third-order valence-corrected chi connectivity index (χ3v) is 2.01. The van der Waals surface area contributed by atoms with E-state index in [1.807, 2.05) is 6.07 Å². The van der Waals surface area contributed by atoms with E-state index in [4.69, 9.17) is 5.26 Å². The molecule has 1 N–H and O–H groups in total. The fourth-order valence-corrected chi connectivity index (χ4v) is 1.45. The van der Waals surface area contributed by atoms with E-state index in [1.54, 1.807) is 6.07 Å². The first-order valence-corrected chi connectivity index (χ1v) is 4.44. The summed E-state index contributed by atoms with van der Waals surface area (Å²) in [5, 5.41) is 17.7. The van der Waals surface area contributed by atoms with Gasteiger partial charge in [-0.3, -0.25) is 0 Å². The number of nitrogens with zero attached hydrogens (tertiary/aromatic N) is 1. The van der Waals surface area contributed by atoms with Gasteiger partial charge in [0, 0.05) is 4.47 Å². The van der Waals surface area contributed by atoms with Gasteiger partial charge in [0.2, 0.25) is 0 Å². The van der Waals surface area contributed by atoms with Crippen molar-refractivity contribution in [3.05, 3.63) is 34.1 Å². The number of aliphatic hydroxyl groups is 1. The Hall–Kier alpha value is -0.920. The minimum Gasteiger partial charge on any atom is -0.387 e. The van der Waals surface area contributed by atoms with Crippen molar-refractivity contribution in [2.75, 3.05) is 0 Å². The second kappa shape index (κ2) is 4.35. The Morgan fingerprint density at radius 1 is 1.54 bits per heavy atom. The van der Waals surface area contributed by atoms with Gasteiger partial charge in [-0.1, -0.05) is 15.9 Å². The van der Waals surface area contributed by atoms with E-state index >= 15 is 0 Å². The van der Waals surface area contributed by atoms with Crippen molar-refractivity contribution in [3.8, 4) is 6.07 Å². The van der Waals surface area contributed by atoms with E-state index in [2.05, 4.69) is 15.9 Å². The Morgan fingerprint density at radius 3 is 2.77 bits per heavy atom. The second-order valence-electron chi connectivity index (χ2n) is 2.58. The van der Waals surface area contributed by atoms with Gasteiger partial charge in [-0.25, -0.2) is 4.39 Å². The molecule has 2 nitrogen and oxygen atoms in total. The summed E-state index contributed by atoms with van der Waals surface area (Å²) in [6, 6.07) is 5.91. The molecule has 0 aromatic heterocycles.